The van der Waals surface area contributed by atoms with Gasteiger partial charge in [-0.2, -0.15) is 0 Å². The Labute approximate surface area is 263 Å². The van der Waals surface area contributed by atoms with Crippen molar-refractivity contribution in [2.45, 2.75) is 32.4 Å². The molecular weight excluding hydrogens is 602 g/mol. The van der Waals surface area contributed by atoms with E-state index < -0.39 is 23.1 Å². The lowest BCUT2D eigenvalue weighted by atomic mass is 10.2. The summed E-state index contributed by atoms with van der Waals surface area (Å²) in [5, 5.41) is 2.65. The molecule has 2 heterocycles. The van der Waals surface area contributed by atoms with Crippen LogP contribution in [0.15, 0.2) is 71.7 Å². The minimum absolute atomic E-state index is 0.0139. The van der Waals surface area contributed by atoms with Gasteiger partial charge in [0.25, 0.3) is 5.56 Å². The molecule has 46 heavy (non-hydrogen) atoms. The van der Waals surface area contributed by atoms with Crippen molar-refractivity contribution >= 4 is 34.4 Å². The average molecular weight is 639 g/mol. The number of amides is 3. The fourth-order valence-corrected chi connectivity index (χ4v) is 4.03. The molecule has 4 N–H and O–H groups in total. The molecule has 0 fully saturated rings. The number of allylic oxidation sites excluding steroid dienone is 1. The van der Waals surface area contributed by atoms with Gasteiger partial charge in [-0.3, -0.25) is 19.2 Å². The minimum atomic E-state index is -0.699. The van der Waals surface area contributed by atoms with Gasteiger partial charge in [0, 0.05) is 45.5 Å². The maximum absolute atomic E-state index is 14.0. The predicted molar refractivity (Wildman–Crippen MR) is 168 cm³/mol. The van der Waals surface area contributed by atoms with Crippen molar-refractivity contribution in [3.05, 3.63) is 100 Å². The van der Waals surface area contributed by atoms with E-state index in [2.05, 4.69) is 25.8 Å². The number of carbonyl (C=O) groups is 3. The molecule has 14 heteroatoms. The fraction of sp³-hybridized carbons (Fsp3) is 0.281. The topological polar surface area (TPSA) is 162 Å². The van der Waals surface area contributed by atoms with E-state index in [1.165, 1.54) is 34.8 Å². The van der Waals surface area contributed by atoms with Gasteiger partial charge in [-0.15, -0.1) is 0 Å². The van der Waals surface area contributed by atoms with Crippen LogP contribution in [0.25, 0.3) is 11.0 Å². The number of benzene rings is 2. The average Bonchev–Trinajstić information content (AvgIpc) is 3.42. The maximum Gasteiger partial charge on any atom is 0.274 e. The number of H-pyrrole nitrogens is 1. The molecule has 0 aliphatic heterocycles. The quantitative estimate of drug-likeness (QED) is 0.149. The zero-order chi connectivity index (χ0) is 33.6. The van der Waals surface area contributed by atoms with Crippen molar-refractivity contribution in [2.75, 3.05) is 33.1 Å². The second kappa shape index (κ2) is 17.2. The summed E-state index contributed by atoms with van der Waals surface area (Å²) < 4.78 is 38.7. The number of hydrogen-bond acceptors (Lipinski definition) is 7. The Kier molecular flexibility index (Phi) is 13.1. The Hall–Kier alpha value is -5.37. The largest absolute Gasteiger partial charge is 0.486 e. The lowest BCUT2D eigenvalue weighted by Crippen LogP contribution is -2.26. The molecule has 0 saturated carbocycles. The first-order valence-corrected chi connectivity index (χ1v) is 14.2. The number of aromatic nitrogens is 3. The third kappa shape index (κ3) is 10.7. The van der Waals surface area contributed by atoms with Gasteiger partial charge in [0.2, 0.25) is 17.7 Å². The zero-order valence-electron chi connectivity index (χ0n) is 25.7. The number of primary amides is 1. The SMILES string of the molecule is CN(C)C(=O)/C=C/CCCC(=O)Nc1cccn(Cc2nc3c(OCc4ccc(F)cc4F)cccc3[nH]2)c1=O.COCC(N)=O. The standard InChI is InChI=1S/C29H29F2N5O4.C3H7NO2/c1-35(2)27(38)12-5-3-4-11-26(37)33-23-9-7-15-36(29(23)39)17-25-32-22-8-6-10-24(28(22)34-25)40-18-19-13-14-20(30)16-21(19)31;1-6-2-3(4)5/h5-10,12-16H,3-4,11,17-18H2,1-2H3,(H,32,34)(H,33,37);2H2,1H3,(H2,4,5)/b12-5+;. The molecule has 2 aromatic carbocycles. The number of likely N-dealkylation sites (N-methyl/N-ethyl adjacent to an activating group) is 1. The molecule has 0 spiro atoms. The Morgan fingerprint density at radius 1 is 1.13 bits per heavy atom. The van der Waals surface area contributed by atoms with Crippen LogP contribution in [-0.4, -0.2) is 65.0 Å². The maximum atomic E-state index is 14.0. The minimum Gasteiger partial charge on any atom is -0.486 e. The van der Waals surface area contributed by atoms with Crippen LogP contribution in [0, 0.1) is 11.6 Å². The highest BCUT2D eigenvalue weighted by Gasteiger charge is 2.13. The molecule has 2 aromatic heterocycles. The van der Waals surface area contributed by atoms with Gasteiger partial charge in [-0.1, -0.05) is 12.1 Å². The van der Waals surface area contributed by atoms with Crippen LogP contribution in [0.2, 0.25) is 0 Å². The van der Waals surface area contributed by atoms with Crippen LogP contribution in [0.4, 0.5) is 14.5 Å². The van der Waals surface area contributed by atoms with Crippen molar-refractivity contribution in [1.82, 2.24) is 19.4 Å². The van der Waals surface area contributed by atoms with E-state index in [1.807, 2.05) is 0 Å². The number of aromatic amines is 1. The molecular formula is C32H36F2N6O6. The van der Waals surface area contributed by atoms with E-state index in [0.29, 0.717) is 35.4 Å². The summed E-state index contributed by atoms with van der Waals surface area (Å²) >= 11 is 0. The summed E-state index contributed by atoms with van der Waals surface area (Å²) in [4.78, 5) is 55.7. The van der Waals surface area contributed by atoms with Gasteiger partial charge >= 0.3 is 0 Å². The van der Waals surface area contributed by atoms with Crippen molar-refractivity contribution < 1.29 is 32.6 Å². The zero-order valence-corrected chi connectivity index (χ0v) is 25.7. The number of para-hydroxylation sites is 1. The third-order valence-electron chi connectivity index (χ3n) is 6.30. The molecule has 0 radical (unpaired) electrons. The Morgan fingerprint density at radius 3 is 2.59 bits per heavy atom. The number of fused-ring (bicyclic) bond motifs is 1. The number of nitrogens with zero attached hydrogens (tertiary/aromatic N) is 3. The number of pyridine rings is 1. The monoisotopic (exact) mass is 638 g/mol. The molecule has 0 atom stereocenters. The van der Waals surface area contributed by atoms with Crippen molar-refractivity contribution in [3.8, 4) is 5.75 Å². The van der Waals surface area contributed by atoms with E-state index in [4.69, 9.17) is 4.74 Å². The molecule has 4 rings (SSSR count). The first-order valence-electron chi connectivity index (χ1n) is 14.2. The number of imidazole rings is 1. The highest BCUT2D eigenvalue weighted by atomic mass is 19.1. The molecule has 12 nitrogen and oxygen atoms in total. The molecule has 0 aliphatic carbocycles. The Balaban J connectivity index is 0.000000875. The molecule has 0 aliphatic rings. The second-order valence-electron chi connectivity index (χ2n) is 10.2. The lowest BCUT2D eigenvalue weighted by Gasteiger charge is -2.08. The number of anilines is 1. The van der Waals surface area contributed by atoms with Crippen molar-refractivity contribution in [2.24, 2.45) is 5.73 Å². The van der Waals surface area contributed by atoms with Crippen molar-refractivity contribution in [1.29, 1.82) is 0 Å². The summed E-state index contributed by atoms with van der Waals surface area (Å²) in [6.07, 6.45) is 6.06. The summed E-state index contributed by atoms with van der Waals surface area (Å²) in [5.41, 5.74) is 5.75. The third-order valence-corrected chi connectivity index (χ3v) is 6.30. The van der Waals surface area contributed by atoms with Crippen LogP contribution >= 0.6 is 0 Å². The van der Waals surface area contributed by atoms with Gasteiger partial charge in [0.05, 0.1) is 12.1 Å². The first kappa shape index (κ1) is 35.1. The molecule has 244 valence electrons. The van der Waals surface area contributed by atoms with Crippen LogP contribution < -0.4 is 21.3 Å². The first-order chi connectivity index (χ1) is 22.0. The van der Waals surface area contributed by atoms with Gasteiger partial charge in [-0.05, 0) is 55.3 Å². The lowest BCUT2D eigenvalue weighted by molar-refractivity contribution is -0.123. The molecule has 0 unspecified atom stereocenters. The number of hydrogen-bond donors (Lipinski definition) is 3. The van der Waals surface area contributed by atoms with E-state index in [0.717, 1.165) is 12.1 Å². The highest BCUT2D eigenvalue weighted by molar-refractivity contribution is 5.90. The predicted octanol–water partition coefficient (Wildman–Crippen LogP) is 3.50. The van der Waals surface area contributed by atoms with Gasteiger partial charge in [0.1, 0.15) is 47.6 Å². The number of halogens is 2. The van der Waals surface area contributed by atoms with Gasteiger partial charge in [0.15, 0.2) is 0 Å². The molecule has 0 bridgehead atoms. The number of unbranched alkanes of at least 4 members (excludes halogenated alkanes) is 1. The van der Waals surface area contributed by atoms with E-state index >= 15 is 0 Å². The summed E-state index contributed by atoms with van der Waals surface area (Å²) in [5.74, 6) is -1.34. The van der Waals surface area contributed by atoms with Crippen LogP contribution in [0.1, 0.15) is 30.7 Å². The molecule has 0 saturated heterocycles. The summed E-state index contributed by atoms with van der Waals surface area (Å²) in [7, 11) is 4.74. The molecule has 3 amide bonds. The fourth-order valence-electron chi connectivity index (χ4n) is 4.03. The van der Waals surface area contributed by atoms with Gasteiger partial charge in [-0.25, -0.2) is 13.8 Å². The number of carbonyl (C=O) groups excluding carboxylic acids is 3. The Morgan fingerprint density at radius 2 is 1.91 bits per heavy atom. The van der Waals surface area contributed by atoms with Gasteiger partial charge < -0.3 is 35.0 Å². The number of methoxy groups -OCH3 is 1. The van der Waals surface area contributed by atoms with Crippen LogP contribution in [0.5, 0.6) is 5.75 Å². The number of nitrogens with one attached hydrogen (secondary N) is 2. The van der Waals surface area contributed by atoms with E-state index in [1.54, 1.807) is 50.6 Å². The van der Waals surface area contributed by atoms with E-state index in [-0.39, 0.29) is 49.2 Å². The Bertz CT molecular complexity index is 1750. The second-order valence-corrected chi connectivity index (χ2v) is 10.2. The normalized spacial score (nSPS) is 10.8. The summed E-state index contributed by atoms with van der Waals surface area (Å²) in [6, 6.07) is 11.7. The van der Waals surface area contributed by atoms with Crippen LogP contribution in [0.3, 0.4) is 0 Å². The highest BCUT2D eigenvalue weighted by Crippen LogP contribution is 2.25. The smallest absolute Gasteiger partial charge is 0.274 e. The summed E-state index contributed by atoms with van der Waals surface area (Å²) in [6.45, 7) is 0.00701. The molecule has 4 aromatic rings. The van der Waals surface area contributed by atoms with E-state index in [9.17, 15) is 28.0 Å². The number of nitrogens with two attached hydrogens (primary N) is 1. The van der Waals surface area contributed by atoms with Crippen LogP contribution in [-0.2, 0) is 32.3 Å². The number of ether oxygens (including phenoxy) is 2. The van der Waals surface area contributed by atoms with Crippen molar-refractivity contribution in [3.63, 3.8) is 0 Å². The number of rotatable bonds is 13.